The fraction of sp³-hybridized carbons (Fsp3) is 0.643. The number of carbonyl (C=O) groups is 1. The minimum absolute atomic E-state index is 0.00906. The SMILES string of the molecule is CC(C)c1ncc(Cl)c(C(=O)OC2CCCCC2)n1. The van der Waals surface area contributed by atoms with Gasteiger partial charge in [-0.3, -0.25) is 0 Å². The van der Waals surface area contributed by atoms with Crippen molar-refractivity contribution >= 4 is 17.6 Å². The molecule has 0 saturated heterocycles. The molecule has 19 heavy (non-hydrogen) atoms. The largest absolute Gasteiger partial charge is 0.458 e. The maximum absolute atomic E-state index is 12.1. The smallest absolute Gasteiger partial charge is 0.358 e. The van der Waals surface area contributed by atoms with Crippen LogP contribution >= 0.6 is 11.6 Å². The molecule has 1 aromatic rings. The quantitative estimate of drug-likeness (QED) is 0.793. The second kappa shape index (κ2) is 6.33. The average molecular weight is 283 g/mol. The Morgan fingerprint density at radius 2 is 2.05 bits per heavy atom. The molecule has 2 rings (SSSR count). The van der Waals surface area contributed by atoms with Gasteiger partial charge in [0, 0.05) is 5.92 Å². The Kier molecular flexibility index (Phi) is 4.75. The molecule has 104 valence electrons. The van der Waals surface area contributed by atoms with Gasteiger partial charge in [-0.15, -0.1) is 0 Å². The van der Waals surface area contributed by atoms with Gasteiger partial charge in [0.1, 0.15) is 11.9 Å². The van der Waals surface area contributed by atoms with Gasteiger partial charge in [0.05, 0.1) is 11.2 Å². The van der Waals surface area contributed by atoms with Crippen molar-refractivity contribution in [3.63, 3.8) is 0 Å². The number of carbonyl (C=O) groups excluding carboxylic acids is 1. The molecule has 0 radical (unpaired) electrons. The maximum Gasteiger partial charge on any atom is 0.358 e. The van der Waals surface area contributed by atoms with Crippen molar-refractivity contribution in [3.05, 3.63) is 22.7 Å². The van der Waals surface area contributed by atoms with E-state index in [0.29, 0.717) is 5.82 Å². The highest BCUT2D eigenvalue weighted by Crippen LogP contribution is 2.23. The van der Waals surface area contributed by atoms with Gasteiger partial charge in [-0.2, -0.15) is 0 Å². The zero-order valence-corrected chi connectivity index (χ0v) is 12.1. The topological polar surface area (TPSA) is 52.1 Å². The van der Waals surface area contributed by atoms with Crippen LogP contribution in [0.1, 0.15) is 68.2 Å². The first kappa shape index (κ1) is 14.3. The van der Waals surface area contributed by atoms with Crippen LogP contribution in [0.25, 0.3) is 0 Å². The molecule has 0 unspecified atom stereocenters. The fourth-order valence-corrected chi connectivity index (χ4v) is 2.36. The number of ether oxygens (including phenoxy) is 1. The second-order valence-corrected chi connectivity index (χ2v) is 5.65. The summed E-state index contributed by atoms with van der Waals surface area (Å²) in [6.07, 6.45) is 6.81. The Bertz CT molecular complexity index is 457. The Hall–Kier alpha value is -1.16. The number of hydrogen-bond acceptors (Lipinski definition) is 4. The van der Waals surface area contributed by atoms with E-state index in [-0.39, 0.29) is 22.7 Å². The molecule has 0 N–H and O–H groups in total. The minimum Gasteiger partial charge on any atom is -0.458 e. The van der Waals surface area contributed by atoms with Crippen LogP contribution in [0.15, 0.2) is 6.20 Å². The van der Waals surface area contributed by atoms with Gasteiger partial charge in [-0.1, -0.05) is 31.9 Å². The van der Waals surface area contributed by atoms with E-state index >= 15 is 0 Å². The lowest BCUT2D eigenvalue weighted by Crippen LogP contribution is -2.22. The third kappa shape index (κ3) is 3.66. The number of nitrogens with zero attached hydrogens (tertiary/aromatic N) is 2. The van der Waals surface area contributed by atoms with Crippen LogP contribution in [0.3, 0.4) is 0 Å². The number of rotatable bonds is 3. The molecule has 0 atom stereocenters. The van der Waals surface area contributed by atoms with E-state index in [1.165, 1.54) is 12.6 Å². The van der Waals surface area contributed by atoms with Crippen LogP contribution < -0.4 is 0 Å². The molecule has 1 saturated carbocycles. The molecule has 0 aromatic carbocycles. The molecule has 5 heteroatoms. The zero-order valence-electron chi connectivity index (χ0n) is 11.4. The molecule has 1 aromatic heterocycles. The van der Waals surface area contributed by atoms with E-state index in [4.69, 9.17) is 16.3 Å². The van der Waals surface area contributed by atoms with E-state index in [0.717, 1.165) is 25.7 Å². The summed E-state index contributed by atoms with van der Waals surface area (Å²) in [6, 6.07) is 0. The van der Waals surface area contributed by atoms with Crippen molar-refractivity contribution < 1.29 is 9.53 Å². The summed E-state index contributed by atoms with van der Waals surface area (Å²) in [7, 11) is 0. The number of aromatic nitrogens is 2. The minimum atomic E-state index is -0.429. The summed E-state index contributed by atoms with van der Waals surface area (Å²) in [5.41, 5.74) is 0.186. The van der Waals surface area contributed by atoms with Gasteiger partial charge >= 0.3 is 5.97 Å². The van der Waals surface area contributed by atoms with Gasteiger partial charge in [-0.05, 0) is 25.7 Å². The Labute approximate surface area is 118 Å². The predicted molar refractivity (Wildman–Crippen MR) is 73.4 cm³/mol. The predicted octanol–water partition coefficient (Wildman–Crippen LogP) is 3.74. The van der Waals surface area contributed by atoms with Crippen LogP contribution in [-0.4, -0.2) is 22.0 Å². The molecule has 1 aliphatic rings. The summed E-state index contributed by atoms with van der Waals surface area (Å²) in [5, 5.41) is 0.255. The fourth-order valence-electron chi connectivity index (χ4n) is 2.19. The summed E-state index contributed by atoms with van der Waals surface area (Å²) >= 11 is 5.99. The van der Waals surface area contributed by atoms with Crippen LogP contribution in [0, 0.1) is 0 Å². The summed E-state index contributed by atoms with van der Waals surface area (Å²) in [6.45, 7) is 3.94. The standard InChI is InChI=1S/C14H19ClN2O2/c1-9(2)13-16-8-11(15)12(17-13)14(18)19-10-6-4-3-5-7-10/h8-10H,3-7H2,1-2H3. The van der Waals surface area contributed by atoms with Gasteiger partial charge in [0.15, 0.2) is 5.69 Å². The molecule has 1 fully saturated rings. The van der Waals surface area contributed by atoms with Crippen LogP contribution in [0.5, 0.6) is 0 Å². The molecule has 4 nitrogen and oxygen atoms in total. The average Bonchev–Trinajstić information content (AvgIpc) is 2.40. The van der Waals surface area contributed by atoms with Gasteiger partial charge in [0.25, 0.3) is 0 Å². The lowest BCUT2D eigenvalue weighted by Gasteiger charge is -2.21. The molecule has 0 aliphatic heterocycles. The van der Waals surface area contributed by atoms with E-state index in [2.05, 4.69) is 9.97 Å². The van der Waals surface area contributed by atoms with Gasteiger partial charge in [0.2, 0.25) is 0 Å². The van der Waals surface area contributed by atoms with Gasteiger partial charge in [-0.25, -0.2) is 14.8 Å². The first-order chi connectivity index (χ1) is 9.08. The number of hydrogen-bond donors (Lipinski definition) is 0. The highest BCUT2D eigenvalue weighted by molar-refractivity contribution is 6.33. The summed E-state index contributed by atoms with van der Waals surface area (Å²) in [5.74, 6) is 0.333. The van der Waals surface area contributed by atoms with E-state index in [1.54, 1.807) is 0 Å². The third-order valence-corrected chi connectivity index (χ3v) is 3.57. The van der Waals surface area contributed by atoms with Crippen molar-refractivity contribution in [2.24, 2.45) is 0 Å². The number of halogens is 1. The molecule has 1 aliphatic carbocycles. The maximum atomic E-state index is 12.1. The summed E-state index contributed by atoms with van der Waals surface area (Å²) in [4.78, 5) is 20.4. The lowest BCUT2D eigenvalue weighted by atomic mass is 9.98. The lowest BCUT2D eigenvalue weighted by molar-refractivity contribution is 0.0204. The zero-order chi connectivity index (χ0) is 13.8. The Morgan fingerprint density at radius 1 is 1.37 bits per heavy atom. The molecule has 0 bridgehead atoms. The van der Waals surface area contributed by atoms with Crippen molar-refractivity contribution in [3.8, 4) is 0 Å². The molecule has 0 spiro atoms. The molecular weight excluding hydrogens is 264 g/mol. The molecule has 1 heterocycles. The van der Waals surface area contributed by atoms with Crippen molar-refractivity contribution in [1.29, 1.82) is 0 Å². The second-order valence-electron chi connectivity index (χ2n) is 5.24. The monoisotopic (exact) mass is 282 g/mol. The Morgan fingerprint density at radius 3 is 2.68 bits per heavy atom. The van der Waals surface area contributed by atoms with E-state index in [1.807, 2.05) is 13.8 Å². The van der Waals surface area contributed by atoms with Crippen molar-refractivity contribution in [2.45, 2.75) is 58.0 Å². The van der Waals surface area contributed by atoms with Crippen LogP contribution in [0.2, 0.25) is 5.02 Å². The van der Waals surface area contributed by atoms with Gasteiger partial charge < -0.3 is 4.74 Å². The van der Waals surface area contributed by atoms with Crippen molar-refractivity contribution in [2.75, 3.05) is 0 Å². The Balaban J connectivity index is 2.11. The van der Waals surface area contributed by atoms with E-state index in [9.17, 15) is 4.79 Å². The first-order valence-electron chi connectivity index (χ1n) is 6.81. The van der Waals surface area contributed by atoms with Crippen molar-refractivity contribution in [1.82, 2.24) is 9.97 Å². The highest BCUT2D eigenvalue weighted by atomic mass is 35.5. The first-order valence-corrected chi connectivity index (χ1v) is 7.19. The highest BCUT2D eigenvalue weighted by Gasteiger charge is 2.22. The normalized spacial score (nSPS) is 16.6. The molecule has 0 amide bonds. The third-order valence-electron chi connectivity index (χ3n) is 3.30. The number of esters is 1. The van der Waals surface area contributed by atoms with Crippen LogP contribution in [0.4, 0.5) is 0 Å². The van der Waals surface area contributed by atoms with Crippen LogP contribution in [-0.2, 0) is 4.74 Å². The molecular formula is C14H19ClN2O2. The summed E-state index contributed by atoms with van der Waals surface area (Å²) < 4.78 is 5.48. The van der Waals surface area contributed by atoms with E-state index < -0.39 is 5.97 Å².